The number of piperidine rings is 1. The number of carbonyl (C=O) groups excluding carboxylic acids is 1. The Hall–Kier alpha value is -4.85. The predicted molar refractivity (Wildman–Crippen MR) is 166 cm³/mol. The van der Waals surface area contributed by atoms with E-state index in [0.29, 0.717) is 24.0 Å². The number of aliphatic hydroxyl groups is 2. The van der Waals surface area contributed by atoms with Gasteiger partial charge in [-0.3, -0.25) is 4.79 Å². The summed E-state index contributed by atoms with van der Waals surface area (Å²) in [6.07, 6.45) is 6.67. The second-order valence-electron chi connectivity index (χ2n) is 10.3. The molecule has 0 bridgehead atoms. The number of aliphatic hydroxyl groups excluding tert-OH is 2. The Bertz CT molecular complexity index is 1460. The number of allylic oxidation sites excluding steroid dienone is 2. The Morgan fingerprint density at radius 2 is 1.60 bits per heavy atom. The van der Waals surface area contributed by atoms with E-state index >= 15 is 0 Å². The lowest BCUT2D eigenvalue weighted by atomic mass is 9.89. The van der Waals surface area contributed by atoms with Crippen LogP contribution in [0.5, 0.6) is 17.2 Å². The number of benzene rings is 2. The summed E-state index contributed by atoms with van der Waals surface area (Å²) in [7, 11) is 2.97. The van der Waals surface area contributed by atoms with Crippen molar-refractivity contribution in [2.75, 3.05) is 40.4 Å². The molecule has 242 valence electrons. The number of hydrogen-bond acceptors (Lipinski definition) is 9. The first-order valence-corrected chi connectivity index (χ1v) is 14.2. The monoisotopic (exact) mass is 625 g/mol. The van der Waals surface area contributed by atoms with Crippen LogP contribution in [0.4, 0.5) is 0 Å². The van der Waals surface area contributed by atoms with Gasteiger partial charge in [0.2, 0.25) is 11.7 Å². The van der Waals surface area contributed by atoms with Crippen LogP contribution in [0.15, 0.2) is 60.8 Å². The number of rotatable bonds is 12. The van der Waals surface area contributed by atoms with Crippen LogP contribution in [0, 0.1) is 0 Å². The van der Waals surface area contributed by atoms with Gasteiger partial charge in [-0.1, -0.05) is 36.4 Å². The molecular weight excluding hydrogens is 586 g/mol. The summed E-state index contributed by atoms with van der Waals surface area (Å²) in [6.45, 7) is 3.55. The van der Waals surface area contributed by atoms with Crippen LogP contribution >= 0.6 is 0 Å². The highest BCUT2D eigenvalue weighted by Crippen LogP contribution is 2.37. The quantitative estimate of drug-likeness (QED) is 0.115. The van der Waals surface area contributed by atoms with Gasteiger partial charge in [-0.2, -0.15) is 0 Å². The van der Waals surface area contributed by atoms with E-state index in [1.165, 1.54) is 36.8 Å². The van der Waals surface area contributed by atoms with E-state index in [4.69, 9.17) is 29.9 Å². The first-order chi connectivity index (χ1) is 21.5. The summed E-state index contributed by atoms with van der Waals surface area (Å²) in [6, 6.07) is 11.9. The van der Waals surface area contributed by atoms with E-state index in [9.17, 15) is 19.5 Å². The minimum absolute atomic E-state index is 0.0377. The number of aromatic hydroxyl groups is 1. The number of carboxylic acid groups (broad SMARTS) is 2. The first kappa shape index (κ1) is 34.6. The third kappa shape index (κ3) is 9.83. The van der Waals surface area contributed by atoms with Gasteiger partial charge < -0.3 is 50.2 Å². The topological polar surface area (TPSA) is 202 Å². The zero-order chi connectivity index (χ0) is 32.9. The van der Waals surface area contributed by atoms with Gasteiger partial charge in [-0.25, -0.2) is 9.59 Å². The lowest BCUT2D eigenvalue weighted by Crippen LogP contribution is -2.39. The highest BCUT2D eigenvalue weighted by atomic mass is 16.5. The summed E-state index contributed by atoms with van der Waals surface area (Å²) in [5, 5.41) is 46.8. The number of aromatic nitrogens is 1. The van der Waals surface area contributed by atoms with Gasteiger partial charge in [0.1, 0.15) is 0 Å². The maximum absolute atomic E-state index is 12.1. The zero-order valence-electron chi connectivity index (χ0n) is 25.1. The summed E-state index contributed by atoms with van der Waals surface area (Å²) in [4.78, 5) is 37.5. The number of amides is 1. The fourth-order valence-corrected chi connectivity index (χ4v) is 4.89. The molecular formula is C32H39N3O10. The fraction of sp³-hybridized carbons (Fsp3) is 0.344. The van der Waals surface area contributed by atoms with Gasteiger partial charge in [0.15, 0.2) is 23.7 Å². The Labute approximate surface area is 260 Å². The number of carboxylic acids is 2. The number of aliphatic carboxylic acids is 2. The summed E-state index contributed by atoms with van der Waals surface area (Å²) < 4.78 is 10.3. The smallest absolute Gasteiger partial charge is 0.335 e. The minimum atomic E-state index is -2.27. The molecule has 2 heterocycles. The number of nitrogens with one attached hydrogen (secondary N) is 2. The Kier molecular flexibility index (Phi) is 13.0. The summed E-state index contributed by atoms with van der Waals surface area (Å²) in [5.74, 6) is -2.45. The maximum atomic E-state index is 12.1. The Morgan fingerprint density at radius 1 is 1.00 bits per heavy atom. The number of H-pyrrole nitrogens is 1. The van der Waals surface area contributed by atoms with Crippen LogP contribution in [0.1, 0.15) is 29.9 Å². The summed E-state index contributed by atoms with van der Waals surface area (Å²) in [5.41, 5.74) is 3.42. The molecule has 1 aliphatic rings. The third-order valence-electron chi connectivity index (χ3n) is 7.33. The van der Waals surface area contributed by atoms with Crippen molar-refractivity contribution < 1.29 is 49.4 Å². The molecule has 1 aliphatic heterocycles. The van der Waals surface area contributed by atoms with Gasteiger partial charge in [0.25, 0.3) is 0 Å². The second-order valence-corrected chi connectivity index (χ2v) is 10.3. The van der Waals surface area contributed by atoms with Gasteiger partial charge in [0, 0.05) is 36.3 Å². The molecule has 0 saturated carbocycles. The van der Waals surface area contributed by atoms with Crippen molar-refractivity contribution in [3.63, 3.8) is 0 Å². The number of phenols is 1. The Balaban J connectivity index is 0.000000477. The highest BCUT2D eigenvalue weighted by molar-refractivity contribution is 5.88. The van der Waals surface area contributed by atoms with Crippen molar-refractivity contribution in [1.29, 1.82) is 0 Å². The number of ether oxygens (including phenoxy) is 2. The standard InChI is InChI=1S/C28H33N3O4.C4H6O6/c1-34-25-17-20(18-26(35-2)28(25)33)7-3-6-10-27(32)29-13-16-31-14-11-21(12-15-31)23-19-30-24-9-5-4-8-22(23)24;5-1(3(7)8)2(6)4(9)10/h3-10,17-19,21,30,33H,11-16H2,1-2H3,(H,29,32);1-2,5-6H,(H,7,8)(H,9,10)/b7-3?,10-6+;. The van der Waals surface area contributed by atoms with Gasteiger partial charge in [0.05, 0.1) is 14.2 Å². The van der Waals surface area contributed by atoms with E-state index in [1.54, 1.807) is 24.3 Å². The van der Waals surface area contributed by atoms with E-state index in [-0.39, 0.29) is 11.7 Å². The number of methoxy groups -OCH3 is 2. The molecule has 1 amide bonds. The lowest BCUT2D eigenvalue weighted by Gasteiger charge is -2.31. The van der Waals surface area contributed by atoms with Crippen molar-refractivity contribution in [3.05, 3.63) is 72.0 Å². The fourth-order valence-electron chi connectivity index (χ4n) is 4.89. The number of hydrogen-bond donors (Lipinski definition) is 7. The van der Waals surface area contributed by atoms with Crippen LogP contribution < -0.4 is 14.8 Å². The summed E-state index contributed by atoms with van der Waals surface area (Å²) >= 11 is 0. The number of nitrogens with zero attached hydrogens (tertiary/aromatic N) is 1. The van der Waals surface area contributed by atoms with E-state index in [1.807, 2.05) is 6.08 Å². The number of fused-ring (bicyclic) bond motifs is 1. The van der Waals surface area contributed by atoms with Crippen LogP contribution in [0.2, 0.25) is 0 Å². The molecule has 2 atom stereocenters. The molecule has 0 aliphatic carbocycles. The van der Waals surface area contributed by atoms with Crippen molar-refractivity contribution in [2.45, 2.75) is 31.0 Å². The molecule has 1 fully saturated rings. The van der Waals surface area contributed by atoms with Gasteiger partial charge in [-0.15, -0.1) is 0 Å². The largest absolute Gasteiger partial charge is 0.502 e. The number of phenolic OH excluding ortho intramolecular Hbond substituents is 1. The molecule has 2 unspecified atom stereocenters. The average Bonchev–Trinajstić information content (AvgIpc) is 3.47. The SMILES string of the molecule is COc1cc(C=C/C=C/C(=O)NCCN2CCC(c3c[nH]c4ccccc34)CC2)cc(OC)c1O.O=C(O)C(O)C(O)C(=O)O. The third-order valence-corrected chi connectivity index (χ3v) is 7.33. The molecule has 13 nitrogen and oxygen atoms in total. The number of para-hydroxylation sites is 1. The van der Waals surface area contributed by atoms with Crippen molar-refractivity contribution in [3.8, 4) is 17.2 Å². The molecule has 4 rings (SSSR count). The minimum Gasteiger partial charge on any atom is -0.502 e. The number of carbonyl (C=O) groups is 3. The molecule has 2 aromatic carbocycles. The second kappa shape index (κ2) is 16.9. The zero-order valence-corrected chi connectivity index (χ0v) is 25.1. The normalized spacial score (nSPS) is 15.4. The highest BCUT2D eigenvalue weighted by Gasteiger charge is 2.29. The molecule has 45 heavy (non-hydrogen) atoms. The number of aromatic amines is 1. The average molecular weight is 626 g/mol. The number of likely N-dealkylation sites (tertiary alicyclic amines) is 1. The van der Waals surface area contributed by atoms with Crippen LogP contribution in [0.3, 0.4) is 0 Å². The molecule has 0 spiro atoms. The van der Waals surface area contributed by atoms with Crippen LogP contribution in [-0.4, -0.2) is 106 Å². The molecule has 0 radical (unpaired) electrons. The molecule has 1 aromatic heterocycles. The van der Waals surface area contributed by atoms with E-state index < -0.39 is 24.1 Å². The maximum Gasteiger partial charge on any atom is 0.335 e. The Morgan fingerprint density at radius 3 is 2.18 bits per heavy atom. The van der Waals surface area contributed by atoms with Crippen LogP contribution in [-0.2, 0) is 14.4 Å². The van der Waals surface area contributed by atoms with Crippen molar-refractivity contribution in [2.24, 2.45) is 0 Å². The molecule has 1 saturated heterocycles. The molecule has 13 heteroatoms. The predicted octanol–water partition coefficient (Wildman–Crippen LogP) is 2.33. The van der Waals surface area contributed by atoms with E-state index in [2.05, 4.69) is 45.7 Å². The van der Waals surface area contributed by atoms with Crippen molar-refractivity contribution in [1.82, 2.24) is 15.2 Å². The van der Waals surface area contributed by atoms with Crippen LogP contribution in [0.25, 0.3) is 17.0 Å². The van der Waals surface area contributed by atoms with Crippen molar-refractivity contribution >= 4 is 34.8 Å². The van der Waals surface area contributed by atoms with Gasteiger partial charge in [-0.05, 0) is 61.2 Å². The molecule has 7 N–H and O–H groups in total. The van der Waals surface area contributed by atoms with E-state index in [0.717, 1.165) is 38.0 Å². The molecule has 3 aromatic rings. The van der Waals surface area contributed by atoms with Gasteiger partial charge >= 0.3 is 11.9 Å². The first-order valence-electron chi connectivity index (χ1n) is 14.2. The lowest BCUT2D eigenvalue weighted by molar-refractivity contribution is -0.165.